The second-order valence-electron chi connectivity index (χ2n) is 6.68. The molecule has 0 unspecified atom stereocenters. The molecule has 0 aliphatic carbocycles. The Morgan fingerprint density at radius 1 is 1.35 bits per heavy atom. The van der Waals surface area contributed by atoms with Crippen molar-refractivity contribution in [1.29, 1.82) is 0 Å². The Balaban J connectivity index is 1.46. The minimum atomic E-state index is -0.0992. The summed E-state index contributed by atoms with van der Waals surface area (Å²) in [5, 5.41) is 12.8. The molecule has 2 aliphatic heterocycles. The number of hydrogen-bond donors (Lipinski definition) is 2. The zero-order valence-corrected chi connectivity index (χ0v) is 13.8. The number of rotatable bonds is 4. The Labute approximate surface area is 137 Å². The van der Waals surface area contributed by atoms with E-state index in [0.717, 1.165) is 44.6 Å². The van der Waals surface area contributed by atoms with Crippen LogP contribution in [0.3, 0.4) is 0 Å². The van der Waals surface area contributed by atoms with Crippen LogP contribution >= 0.6 is 0 Å². The number of piperidine rings is 1. The van der Waals surface area contributed by atoms with Crippen molar-refractivity contribution >= 4 is 5.91 Å². The average Bonchev–Trinajstić information content (AvgIpc) is 3.05. The normalized spacial score (nSPS) is 23.1. The molecule has 23 heavy (non-hydrogen) atoms. The third-order valence-corrected chi connectivity index (χ3v) is 4.88. The van der Waals surface area contributed by atoms with Gasteiger partial charge in [0.2, 0.25) is 0 Å². The molecule has 0 bridgehead atoms. The van der Waals surface area contributed by atoms with E-state index in [1.54, 1.807) is 12.1 Å². The van der Waals surface area contributed by atoms with Gasteiger partial charge < -0.3 is 20.1 Å². The fourth-order valence-electron chi connectivity index (χ4n) is 3.36. The summed E-state index contributed by atoms with van der Waals surface area (Å²) < 4.78 is 5.69. The molecule has 1 atom stereocenters. The molecule has 2 heterocycles. The van der Waals surface area contributed by atoms with Crippen LogP contribution in [0.15, 0.2) is 18.2 Å². The summed E-state index contributed by atoms with van der Waals surface area (Å²) in [5.74, 6) is 0.0712. The number of phenols is 1. The SMILES string of the molecule is Cc1ccc(C(=O)NC2CCN(C[C@H]3CCCO3)CC2)cc1O. The molecule has 0 radical (unpaired) electrons. The van der Waals surface area contributed by atoms with Crippen molar-refractivity contribution < 1.29 is 14.6 Å². The number of carbonyl (C=O) groups excluding carboxylic acids is 1. The number of carbonyl (C=O) groups is 1. The van der Waals surface area contributed by atoms with Crippen LogP contribution < -0.4 is 5.32 Å². The molecule has 1 amide bonds. The van der Waals surface area contributed by atoms with Gasteiger partial charge in [-0.05, 0) is 50.3 Å². The molecule has 5 heteroatoms. The fraction of sp³-hybridized carbons (Fsp3) is 0.611. The Hall–Kier alpha value is -1.59. The zero-order valence-electron chi connectivity index (χ0n) is 13.8. The number of nitrogens with one attached hydrogen (secondary N) is 1. The molecule has 1 aromatic carbocycles. The number of ether oxygens (including phenoxy) is 1. The van der Waals surface area contributed by atoms with Crippen LogP contribution in [0, 0.1) is 6.92 Å². The van der Waals surface area contributed by atoms with E-state index < -0.39 is 0 Å². The van der Waals surface area contributed by atoms with Crippen LogP contribution in [0.2, 0.25) is 0 Å². The Morgan fingerprint density at radius 3 is 2.78 bits per heavy atom. The number of hydrogen-bond acceptors (Lipinski definition) is 4. The van der Waals surface area contributed by atoms with Gasteiger partial charge in [-0.3, -0.25) is 4.79 Å². The van der Waals surface area contributed by atoms with Gasteiger partial charge in [-0.2, -0.15) is 0 Å². The molecule has 2 fully saturated rings. The third kappa shape index (κ3) is 4.24. The van der Waals surface area contributed by atoms with E-state index in [1.807, 2.05) is 6.92 Å². The summed E-state index contributed by atoms with van der Waals surface area (Å²) >= 11 is 0. The predicted molar refractivity (Wildman–Crippen MR) is 88.7 cm³/mol. The van der Waals surface area contributed by atoms with E-state index in [4.69, 9.17) is 4.74 Å². The van der Waals surface area contributed by atoms with Gasteiger partial charge in [0.1, 0.15) is 5.75 Å². The Bertz CT molecular complexity index is 547. The topological polar surface area (TPSA) is 61.8 Å². The highest BCUT2D eigenvalue weighted by molar-refractivity contribution is 5.94. The van der Waals surface area contributed by atoms with Crippen LogP contribution in [0.1, 0.15) is 41.6 Å². The summed E-state index contributed by atoms with van der Waals surface area (Å²) in [6, 6.07) is 5.29. The van der Waals surface area contributed by atoms with Gasteiger partial charge in [-0.25, -0.2) is 0 Å². The first-order valence-electron chi connectivity index (χ1n) is 8.56. The minimum absolute atomic E-state index is 0.0992. The van der Waals surface area contributed by atoms with Crippen molar-refractivity contribution in [1.82, 2.24) is 10.2 Å². The van der Waals surface area contributed by atoms with Crippen molar-refractivity contribution in [2.75, 3.05) is 26.2 Å². The molecule has 0 saturated carbocycles. The summed E-state index contributed by atoms with van der Waals surface area (Å²) in [4.78, 5) is 14.7. The Morgan fingerprint density at radius 2 is 2.13 bits per heavy atom. The summed E-state index contributed by atoms with van der Waals surface area (Å²) in [6.45, 7) is 5.75. The van der Waals surface area contributed by atoms with Crippen molar-refractivity contribution in [2.45, 2.75) is 44.8 Å². The van der Waals surface area contributed by atoms with Crippen molar-refractivity contribution in [2.24, 2.45) is 0 Å². The first-order valence-corrected chi connectivity index (χ1v) is 8.56. The molecule has 5 nitrogen and oxygen atoms in total. The van der Waals surface area contributed by atoms with Crippen LogP contribution in [0.5, 0.6) is 5.75 Å². The second-order valence-corrected chi connectivity index (χ2v) is 6.68. The molecule has 3 rings (SSSR count). The van der Waals surface area contributed by atoms with Crippen LogP contribution in [0.4, 0.5) is 0 Å². The van der Waals surface area contributed by atoms with Gasteiger partial charge in [-0.1, -0.05) is 6.07 Å². The van der Waals surface area contributed by atoms with E-state index in [-0.39, 0.29) is 17.7 Å². The first kappa shape index (κ1) is 16.3. The molecule has 2 N–H and O–H groups in total. The van der Waals surface area contributed by atoms with Gasteiger partial charge in [0.15, 0.2) is 0 Å². The molecular formula is C18H26N2O3. The second kappa shape index (κ2) is 7.32. The van der Waals surface area contributed by atoms with Crippen LogP contribution in [0.25, 0.3) is 0 Å². The molecule has 126 valence electrons. The van der Waals surface area contributed by atoms with Crippen molar-refractivity contribution in [3.63, 3.8) is 0 Å². The number of aryl methyl sites for hydroxylation is 1. The monoisotopic (exact) mass is 318 g/mol. The third-order valence-electron chi connectivity index (χ3n) is 4.88. The van der Waals surface area contributed by atoms with Crippen molar-refractivity contribution in [3.8, 4) is 5.75 Å². The van der Waals surface area contributed by atoms with E-state index in [1.165, 1.54) is 18.9 Å². The summed E-state index contributed by atoms with van der Waals surface area (Å²) in [7, 11) is 0. The van der Waals surface area contributed by atoms with Crippen molar-refractivity contribution in [3.05, 3.63) is 29.3 Å². The number of aromatic hydroxyl groups is 1. The number of likely N-dealkylation sites (tertiary alicyclic amines) is 1. The van der Waals surface area contributed by atoms with Gasteiger partial charge in [-0.15, -0.1) is 0 Å². The lowest BCUT2D eigenvalue weighted by molar-refractivity contribution is 0.0613. The highest BCUT2D eigenvalue weighted by Gasteiger charge is 2.24. The zero-order chi connectivity index (χ0) is 16.2. The lowest BCUT2D eigenvalue weighted by atomic mass is 10.0. The number of nitrogens with zero attached hydrogens (tertiary/aromatic N) is 1. The standard InChI is InChI=1S/C18H26N2O3/c1-13-4-5-14(11-17(13)21)18(22)19-15-6-8-20(9-7-15)12-16-3-2-10-23-16/h4-5,11,15-16,21H,2-3,6-10,12H2,1H3,(H,19,22)/t16-/m1/s1. The number of phenolic OH excluding ortho intramolecular Hbond substituents is 1. The molecule has 2 aliphatic rings. The average molecular weight is 318 g/mol. The number of amides is 1. The Kier molecular flexibility index (Phi) is 5.18. The quantitative estimate of drug-likeness (QED) is 0.892. The summed E-state index contributed by atoms with van der Waals surface area (Å²) in [5.41, 5.74) is 1.30. The van der Waals surface area contributed by atoms with Crippen LogP contribution in [-0.2, 0) is 4.74 Å². The van der Waals surface area contributed by atoms with E-state index >= 15 is 0 Å². The number of benzene rings is 1. The van der Waals surface area contributed by atoms with E-state index in [2.05, 4.69) is 10.2 Å². The largest absolute Gasteiger partial charge is 0.508 e. The fourth-order valence-corrected chi connectivity index (χ4v) is 3.36. The highest BCUT2D eigenvalue weighted by atomic mass is 16.5. The van der Waals surface area contributed by atoms with E-state index in [9.17, 15) is 9.90 Å². The molecule has 0 aromatic heterocycles. The van der Waals surface area contributed by atoms with E-state index in [0.29, 0.717) is 11.7 Å². The smallest absolute Gasteiger partial charge is 0.251 e. The maximum absolute atomic E-state index is 12.3. The summed E-state index contributed by atoms with van der Waals surface area (Å²) in [6.07, 6.45) is 4.69. The van der Waals surface area contributed by atoms with Gasteiger partial charge in [0.05, 0.1) is 6.10 Å². The molecular weight excluding hydrogens is 292 g/mol. The molecule has 1 aromatic rings. The maximum Gasteiger partial charge on any atom is 0.251 e. The van der Waals surface area contributed by atoms with Crippen LogP contribution in [-0.4, -0.2) is 54.3 Å². The highest BCUT2D eigenvalue weighted by Crippen LogP contribution is 2.19. The maximum atomic E-state index is 12.3. The predicted octanol–water partition coefficient (Wildman–Crippen LogP) is 2.07. The van der Waals surface area contributed by atoms with Gasteiger partial charge in [0.25, 0.3) is 5.91 Å². The minimum Gasteiger partial charge on any atom is -0.508 e. The molecule has 0 spiro atoms. The first-order chi connectivity index (χ1) is 11.1. The van der Waals surface area contributed by atoms with Gasteiger partial charge >= 0.3 is 0 Å². The van der Waals surface area contributed by atoms with Gasteiger partial charge in [0, 0.05) is 37.8 Å². The molecule has 2 saturated heterocycles. The lowest BCUT2D eigenvalue weighted by Gasteiger charge is -2.33. The lowest BCUT2D eigenvalue weighted by Crippen LogP contribution is -2.46.